The molecular weight excluding hydrogens is 286 g/mol. The number of fused-ring (bicyclic) bond motifs is 3. The first-order chi connectivity index (χ1) is 9.70. The van der Waals surface area contributed by atoms with Gasteiger partial charge in [-0.15, -0.1) is 11.8 Å². The van der Waals surface area contributed by atoms with Crippen LogP contribution in [0.25, 0.3) is 10.9 Å². The SMILES string of the molecule is Cc1ccc(C2Cc3[nH]c4ccc(Cl)cc4c3S2)cc1. The quantitative estimate of drug-likeness (QED) is 0.625. The van der Waals surface area contributed by atoms with Crippen LogP contribution in [0.15, 0.2) is 47.4 Å². The van der Waals surface area contributed by atoms with E-state index in [1.807, 2.05) is 17.8 Å². The Morgan fingerprint density at radius 3 is 2.75 bits per heavy atom. The van der Waals surface area contributed by atoms with E-state index >= 15 is 0 Å². The van der Waals surface area contributed by atoms with Gasteiger partial charge in [0.05, 0.1) is 0 Å². The van der Waals surface area contributed by atoms with Crippen molar-refractivity contribution >= 4 is 34.3 Å². The summed E-state index contributed by atoms with van der Waals surface area (Å²) in [6.07, 6.45) is 1.06. The summed E-state index contributed by atoms with van der Waals surface area (Å²) in [5.74, 6) is 0. The van der Waals surface area contributed by atoms with Gasteiger partial charge in [0, 0.05) is 38.2 Å². The van der Waals surface area contributed by atoms with Crippen molar-refractivity contribution in [3.63, 3.8) is 0 Å². The summed E-state index contributed by atoms with van der Waals surface area (Å²) in [4.78, 5) is 4.90. The fourth-order valence-corrected chi connectivity index (χ4v) is 4.38. The highest BCUT2D eigenvalue weighted by Gasteiger charge is 2.27. The van der Waals surface area contributed by atoms with E-state index < -0.39 is 0 Å². The molecule has 0 radical (unpaired) electrons. The molecular formula is C17H14ClNS. The number of hydrogen-bond acceptors (Lipinski definition) is 1. The van der Waals surface area contributed by atoms with Crippen LogP contribution in [0.3, 0.4) is 0 Å². The standard InChI is InChI=1S/C17H14ClNS/c1-10-2-4-11(5-3-10)16-9-15-17(20-16)13-8-12(18)6-7-14(13)19-15/h2-8,16,19H,9H2,1H3. The minimum absolute atomic E-state index is 0.514. The largest absolute Gasteiger partial charge is 0.357 e. The van der Waals surface area contributed by atoms with E-state index in [1.54, 1.807) is 0 Å². The lowest BCUT2D eigenvalue weighted by atomic mass is 10.1. The van der Waals surface area contributed by atoms with Gasteiger partial charge in [-0.2, -0.15) is 0 Å². The molecule has 2 heterocycles. The van der Waals surface area contributed by atoms with Crippen molar-refractivity contribution in [2.24, 2.45) is 0 Å². The fraction of sp³-hybridized carbons (Fsp3) is 0.176. The van der Waals surface area contributed by atoms with Crippen LogP contribution in [0.2, 0.25) is 5.02 Å². The number of benzene rings is 2. The molecule has 20 heavy (non-hydrogen) atoms. The van der Waals surface area contributed by atoms with Gasteiger partial charge in [-0.1, -0.05) is 41.4 Å². The predicted octanol–water partition coefficient (Wildman–Crippen LogP) is 5.52. The summed E-state index contributed by atoms with van der Waals surface area (Å²) in [7, 11) is 0. The monoisotopic (exact) mass is 299 g/mol. The van der Waals surface area contributed by atoms with Crippen molar-refractivity contribution < 1.29 is 0 Å². The lowest BCUT2D eigenvalue weighted by Crippen LogP contribution is -1.93. The molecule has 0 amide bonds. The average Bonchev–Trinajstić information content (AvgIpc) is 2.98. The highest BCUT2D eigenvalue weighted by molar-refractivity contribution is 8.00. The number of H-pyrrole nitrogens is 1. The minimum Gasteiger partial charge on any atom is -0.357 e. The first kappa shape index (κ1) is 12.4. The summed E-state index contributed by atoms with van der Waals surface area (Å²) in [6, 6.07) is 14.9. The van der Waals surface area contributed by atoms with Crippen LogP contribution in [-0.4, -0.2) is 4.98 Å². The van der Waals surface area contributed by atoms with Crippen molar-refractivity contribution in [2.45, 2.75) is 23.5 Å². The fourth-order valence-electron chi connectivity index (χ4n) is 2.81. The third-order valence-electron chi connectivity index (χ3n) is 3.88. The Kier molecular flexibility index (Phi) is 2.83. The number of thioether (sulfide) groups is 1. The van der Waals surface area contributed by atoms with Crippen LogP contribution < -0.4 is 0 Å². The molecule has 3 aromatic rings. The lowest BCUT2D eigenvalue weighted by molar-refractivity contribution is 0.920. The molecule has 4 rings (SSSR count). The van der Waals surface area contributed by atoms with Crippen LogP contribution in [0.4, 0.5) is 0 Å². The van der Waals surface area contributed by atoms with Crippen molar-refractivity contribution in [1.29, 1.82) is 0 Å². The molecule has 1 N–H and O–H groups in total. The Bertz CT molecular complexity index is 789. The lowest BCUT2D eigenvalue weighted by Gasteiger charge is -2.09. The topological polar surface area (TPSA) is 15.8 Å². The first-order valence-electron chi connectivity index (χ1n) is 6.74. The second kappa shape index (κ2) is 4.57. The summed E-state index contributed by atoms with van der Waals surface area (Å²) >= 11 is 8.08. The summed E-state index contributed by atoms with van der Waals surface area (Å²) < 4.78 is 0. The maximum Gasteiger partial charge on any atom is 0.0468 e. The second-order valence-corrected chi connectivity index (χ2v) is 6.99. The summed E-state index contributed by atoms with van der Waals surface area (Å²) in [5.41, 5.74) is 5.25. The number of nitrogens with one attached hydrogen (secondary N) is 1. The van der Waals surface area contributed by atoms with Crippen LogP contribution in [-0.2, 0) is 6.42 Å². The third-order valence-corrected chi connectivity index (χ3v) is 5.55. The number of aryl methyl sites for hydroxylation is 1. The van der Waals surface area contributed by atoms with Crippen molar-refractivity contribution in [1.82, 2.24) is 4.98 Å². The van der Waals surface area contributed by atoms with E-state index in [0.29, 0.717) is 5.25 Å². The number of aromatic nitrogens is 1. The van der Waals surface area contributed by atoms with Gasteiger partial charge >= 0.3 is 0 Å². The molecule has 0 saturated carbocycles. The van der Waals surface area contributed by atoms with Crippen LogP contribution >= 0.6 is 23.4 Å². The van der Waals surface area contributed by atoms with E-state index in [-0.39, 0.29) is 0 Å². The molecule has 0 saturated heterocycles. The number of halogens is 1. The predicted molar refractivity (Wildman–Crippen MR) is 86.8 cm³/mol. The molecule has 100 valence electrons. The molecule has 0 aliphatic carbocycles. The smallest absolute Gasteiger partial charge is 0.0468 e. The highest BCUT2D eigenvalue weighted by Crippen LogP contribution is 2.49. The number of rotatable bonds is 1. The molecule has 0 spiro atoms. The van der Waals surface area contributed by atoms with Gasteiger partial charge in [-0.25, -0.2) is 0 Å². The van der Waals surface area contributed by atoms with Gasteiger partial charge in [0.1, 0.15) is 0 Å². The molecule has 2 aromatic carbocycles. The van der Waals surface area contributed by atoms with Crippen LogP contribution in [0.5, 0.6) is 0 Å². The Hall–Kier alpha value is -1.38. The maximum atomic E-state index is 6.12. The Balaban J connectivity index is 1.73. The van der Waals surface area contributed by atoms with Crippen molar-refractivity contribution in [3.8, 4) is 0 Å². The molecule has 0 bridgehead atoms. The minimum atomic E-state index is 0.514. The van der Waals surface area contributed by atoms with Gasteiger partial charge < -0.3 is 4.98 Å². The van der Waals surface area contributed by atoms with Gasteiger partial charge in [0.25, 0.3) is 0 Å². The molecule has 1 aliphatic rings. The Morgan fingerprint density at radius 2 is 1.95 bits per heavy atom. The van der Waals surface area contributed by atoms with Gasteiger partial charge in [0.15, 0.2) is 0 Å². The molecule has 1 nitrogen and oxygen atoms in total. The van der Waals surface area contributed by atoms with E-state index in [2.05, 4.69) is 48.3 Å². The normalized spacial score (nSPS) is 17.6. The van der Waals surface area contributed by atoms with Crippen LogP contribution in [0.1, 0.15) is 22.1 Å². The molecule has 1 unspecified atom stereocenters. The highest BCUT2D eigenvalue weighted by atomic mass is 35.5. The van der Waals surface area contributed by atoms with E-state index in [9.17, 15) is 0 Å². The number of hydrogen-bond donors (Lipinski definition) is 1. The third kappa shape index (κ3) is 1.95. The van der Waals surface area contributed by atoms with E-state index in [0.717, 1.165) is 11.4 Å². The second-order valence-electron chi connectivity index (χ2n) is 5.34. The molecule has 1 aromatic heterocycles. The Morgan fingerprint density at radius 1 is 1.15 bits per heavy atom. The van der Waals surface area contributed by atoms with Crippen LogP contribution in [0, 0.1) is 6.92 Å². The van der Waals surface area contributed by atoms with E-state index in [1.165, 1.54) is 32.6 Å². The van der Waals surface area contributed by atoms with E-state index in [4.69, 9.17) is 11.6 Å². The summed E-state index contributed by atoms with van der Waals surface area (Å²) in [6.45, 7) is 2.13. The number of aromatic amines is 1. The summed E-state index contributed by atoms with van der Waals surface area (Å²) in [5, 5.41) is 2.58. The van der Waals surface area contributed by atoms with Crippen molar-refractivity contribution in [3.05, 3.63) is 64.3 Å². The molecule has 1 aliphatic heterocycles. The van der Waals surface area contributed by atoms with Gasteiger partial charge in [-0.3, -0.25) is 0 Å². The van der Waals surface area contributed by atoms with Crippen molar-refractivity contribution in [2.75, 3.05) is 0 Å². The van der Waals surface area contributed by atoms with Gasteiger partial charge in [-0.05, 0) is 30.7 Å². The zero-order valence-electron chi connectivity index (χ0n) is 11.1. The maximum absolute atomic E-state index is 6.12. The molecule has 3 heteroatoms. The molecule has 1 atom stereocenters. The zero-order chi connectivity index (χ0) is 13.7. The zero-order valence-corrected chi connectivity index (χ0v) is 12.7. The molecule has 0 fully saturated rings. The Labute approximate surface area is 127 Å². The average molecular weight is 300 g/mol. The van der Waals surface area contributed by atoms with Gasteiger partial charge in [0.2, 0.25) is 0 Å². The first-order valence-corrected chi connectivity index (χ1v) is 8.00.